The first-order valence-electron chi connectivity index (χ1n) is 8.15. The summed E-state index contributed by atoms with van der Waals surface area (Å²) in [6.07, 6.45) is 3.54. The van der Waals surface area contributed by atoms with Crippen LogP contribution in [0.25, 0.3) is 22.4 Å². The van der Waals surface area contributed by atoms with Crippen LogP contribution >= 0.6 is 27.3 Å². The predicted octanol–water partition coefficient (Wildman–Crippen LogP) is 3.69. The average molecular weight is 440 g/mol. The van der Waals surface area contributed by atoms with E-state index < -0.39 is 0 Å². The number of hydrogen-bond acceptors (Lipinski definition) is 5. The third-order valence-electron chi connectivity index (χ3n) is 3.83. The molecule has 0 aliphatic heterocycles. The lowest BCUT2D eigenvalue weighted by Gasteiger charge is -2.02. The topological polar surface area (TPSA) is 56.5 Å². The minimum atomic E-state index is -0.164. The Kier molecular flexibility index (Phi) is 4.87. The van der Waals surface area contributed by atoms with Gasteiger partial charge >= 0.3 is 0 Å². The van der Waals surface area contributed by atoms with Crippen LogP contribution in [0.3, 0.4) is 0 Å². The first-order chi connectivity index (χ1) is 13.1. The molecule has 2 aromatic carbocycles. The molecule has 5 nitrogen and oxygen atoms in total. The Labute approximate surface area is 167 Å². The van der Waals surface area contributed by atoms with Crippen molar-refractivity contribution in [3.8, 4) is 17.1 Å². The molecular formula is C20H14BrN3O2S. The summed E-state index contributed by atoms with van der Waals surface area (Å²) in [7, 11) is 0. The highest BCUT2D eigenvalue weighted by molar-refractivity contribution is 9.10. The normalized spacial score (nSPS) is 11.8. The number of benzene rings is 2. The second-order valence-corrected chi connectivity index (χ2v) is 7.65. The molecule has 0 spiro atoms. The molecular weight excluding hydrogens is 426 g/mol. The van der Waals surface area contributed by atoms with Crippen molar-refractivity contribution in [2.75, 3.05) is 6.61 Å². The Morgan fingerprint density at radius 3 is 2.56 bits per heavy atom. The minimum Gasteiger partial charge on any atom is -0.490 e. The summed E-state index contributed by atoms with van der Waals surface area (Å²) < 4.78 is 8.42. The molecule has 0 unspecified atom stereocenters. The lowest BCUT2D eigenvalue weighted by Crippen LogP contribution is -2.23. The van der Waals surface area contributed by atoms with E-state index in [9.17, 15) is 4.79 Å². The summed E-state index contributed by atoms with van der Waals surface area (Å²) in [4.78, 5) is 17.7. The summed E-state index contributed by atoms with van der Waals surface area (Å²) in [5, 5.41) is 4.37. The van der Waals surface area contributed by atoms with Gasteiger partial charge in [-0.05, 0) is 48.0 Å². The average Bonchev–Trinajstić information content (AvgIpc) is 3.22. The summed E-state index contributed by atoms with van der Waals surface area (Å²) in [5.74, 6) is 1.26. The van der Waals surface area contributed by atoms with Crippen molar-refractivity contribution >= 4 is 38.3 Å². The molecule has 0 saturated carbocycles. The molecule has 4 aromatic rings. The molecule has 2 aromatic heterocycles. The molecule has 0 N–H and O–H groups in total. The molecule has 27 heavy (non-hydrogen) atoms. The monoisotopic (exact) mass is 439 g/mol. The molecule has 0 aliphatic carbocycles. The Morgan fingerprint density at radius 2 is 1.89 bits per heavy atom. The number of rotatable bonds is 5. The molecule has 0 atom stereocenters. The van der Waals surface area contributed by atoms with Crippen LogP contribution in [0.1, 0.15) is 5.56 Å². The third kappa shape index (κ3) is 3.70. The van der Waals surface area contributed by atoms with Gasteiger partial charge < -0.3 is 4.74 Å². The van der Waals surface area contributed by atoms with Crippen molar-refractivity contribution in [2.24, 2.45) is 0 Å². The van der Waals surface area contributed by atoms with Gasteiger partial charge in [0.2, 0.25) is 4.96 Å². The standard InChI is InChI=1S/C20H14BrN3O2S/c1-2-11-26-16-9-5-14(6-10-16)18-22-20-24(23-18)19(25)17(27-20)12-13-3-7-15(21)8-4-13/h2-10,12H,1,11H2/b17-12-. The van der Waals surface area contributed by atoms with Crippen molar-refractivity contribution in [1.82, 2.24) is 14.6 Å². The summed E-state index contributed by atoms with van der Waals surface area (Å²) in [6, 6.07) is 15.2. The van der Waals surface area contributed by atoms with E-state index >= 15 is 0 Å². The first-order valence-corrected chi connectivity index (χ1v) is 9.76. The van der Waals surface area contributed by atoms with Gasteiger partial charge in [0.05, 0.1) is 4.53 Å². The number of fused-ring (bicyclic) bond motifs is 1. The number of aromatic nitrogens is 3. The third-order valence-corrected chi connectivity index (χ3v) is 5.32. The van der Waals surface area contributed by atoms with Gasteiger partial charge in [-0.2, -0.15) is 9.50 Å². The zero-order chi connectivity index (χ0) is 18.8. The highest BCUT2D eigenvalue weighted by atomic mass is 79.9. The van der Waals surface area contributed by atoms with Crippen LogP contribution in [0.15, 0.2) is 70.5 Å². The first kappa shape index (κ1) is 17.6. The number of hydrogen-bond donors (Lipinski definition) is 0. The second-order valence-electron chi connectivity index (χ2n) is 5.72. The van der Waals surface area contributed by atoms with E-state index in [4.69, 9.17) is 4.74 Å². The van der Waals surface area contributed by atoms with E-state index in [-0.39, 0.29) is 5.56 Å². The molecule has 2 heterocycles. The maximum atomic E-state index is 12.6. The maximum Gasteiger partial charge on any atom is 0.291 e. The Morgan fingerprint density at radius 1 is 1.15 bits per heavy atom. The van der Waals surface area contributed by atoms with E-state index in [1.807, 2.05) is 54.6 Å². The van der Waals surface area contributed by atoms with Crippen LogP contribution in [0, 0.1) is 0 Å². The lowest BCUT2D eigenvalue weighted by molar-refractivity contribution is 0.363. The highest BCUT2D eigenvalue weighted by Gasteiger charge is 2.12. The molecule has 0 aliphatic rings. The smallest absolute Gasteiger partial charge is 0.291 e. The number of ether oxygens (including phenoxy) is 1. The molecule has 0 bridgehead atoms. The van der Waals surface area contributed by atoms with E-state index in [1.54, 1.807) is 6.08 Å². The van der Waals surface area contributed by atoms with Crippen molar-refractivity contribution in [3.05, 3.63) is 86.1 Å². The minimum absolute atomic E-state index is 0.164. The Bertz CT molecular complexity index is 1210. The summed E-state index contributed by atoms with van der Waals surface area (Å²) in [6.45, 7) is 4.08. The fourth-order valence-corrected chi connectivity index (χ4v) is 3.69. The van der Waals surface area contributed by atoms with Gasteiger partial charge in [0, 0.05) is 10.0 Å². The zero-order valence-electron chi connectivity index (χ0n) is 14.1. The van der Waals surface area contributed by atoms with Gasteiger partial charge in [-0.15, -0.1) is 5.10 Å². The fourth-order valence-electron chi connectivity index (χ4n) is 2.52. The Balaban J connectivity index is 1.67. The van der Waals surface area contributed by atoms with Crippen LogP contribution in [0.2, 0.25) is 0 Å². The van der Waals surface area contributed by atoms with Crippen LogP contribution in [-0.4, -0.2) is 21.2 Å². The highest BCUT2D eigenvalue weighted by Crippen LogP contribution is 2.20. The van der Waals surface area contributed by atoms with Crippen LogP contribution in [0.5, 0.6) is 5.75 Å². The fraction of sp³-hybridized carbons (Fsp3) is 0.0500. The van der Waals surface area contributed by atoms with E-state index in [2.05, 4.69) is 32.6 Å². The molecule has 7 heteroatoms. The summed E-state index contributed by atoms with van der Waals surface area (Å²) >= 11 is 4.73. The zero-order valence-corrected chi connectivity index (χ0v) is 16.5. The second kappa shape index (κ2) is 7.46. The van der Waals surface area contributed by atoms with Gasteiger partial charge in [0.15, 0.2) is 5.82 Å². The van der Waals surface area contributed by atoms with Crippen LogP contribution in [0.4, 0.5) is 0 Å². The van der Waals surface area contributed by atoms with Crippen molar-refractivity contribution in [2.45, 2.75) is 0 Å². The van der Waals surface area contributed by atoms with Gasteiger partial charge in [-0.3, -0.25) is 4.79 Å². The van der Waals surface area contributed by atoms with Crippen molar-refractivity contribution < 1.29 is 4.74 Å². The maximum absolute atomic E-state index is 12.6. The molecule has 4 rings (SSSR count). The quantitative estimate of drug-likeness (QED) is 0.445. The van der Waals surface area contributed by atoms with Gasteiger partial charge in [-0.1, -0.05) is 52.1 Å². The number of halogens is 1. The number of nitrogens with zero attached hydrogens (tertiary/aromatic N) is 3. The van der Waals surface area contributed by atoms with Crippen molar-refractivity contribution in [3.63, 3.8) is 0 Å². The molecule has 134 valence electrons. The lowest BCUT2D eigenvalue weighted by atomic mass is 10.2. The SMILES string of the molecule is C=CCOc1ccc(-c2nc3s/c(=C\c4ccc(Br)cc4)c(=O)n3n2)cc1. The summed E-state index contributed by atoms with van der Waals surface area (Å²) in [5.41, 5.74) is 1.62. The van der Waals surface area contributed by atoms with E-state index in [1.165, 1.54) is 15.9 Å². The van der Waals surface area contributed by atoms with Gasteiger partial charge in [0.25, 0.3) is 5.56 Å². The van der Waals surface area contributed by atoms with Gasteiger partial charge in [-0.25, -0.2) is 0 Å². The predicted molar refractivity (Wildman–Crippen MR) is 111 cm³/mol. The largest absolute Gasteiger partial charge is 0.490 e. The Hall–Kier alpha value is -2.77. The van der Waals surface area contributed by atoms with Crippen LogP contribution < -0.4 is 14.8 Å². The molecule has 0 saturated heterocycles. The van der Waals surface area contributed by atoms with Crippen molar-refractivity contribution in [1.29, 1.82) is 0 Å². The number of thiazole rings is 1. The van der Waals surface area contributed by atoms with E-state index in [0.29, 0.717) is 21.9 Å². The van der Waals surface area contributed by atoms with E-state index in [0.717, 1.165) is 21.3 Å². The molecule has 0 fully saturated rings. The molecule has 0 radical (unpaired) electrons. The molecule has 0 amide bonds. The van der Waals surface area contributed by atoms with Crippen LogP contribution in [-0.2, 0) is 0 Å². The van der Waals surface area contributed by atoms with Gasteiger partial charge in [0.1, 0.15) is 12.4 Å².